The van der Waals surface area contributed by atoms with Crippen LogP contribution in [0.25, 0.3) is 0 Å². The van der Waals surface area contributed by atoms with Gasteiger partial charge in [-0.1, -0.05) is 6.07 Å². The smallest absolute Gasteiger partial charge is 0.371 e. The van der Waals surface area contributed by atoms with Crippen molar-refractivity contribution < 1.29 is 18.0 Å². The second-order valence-corrected chi connectivity index (χ2v) is 5.57. The maximum atomic E-state index is 12.9. The van der Waals surface area contributed by atoms with Crippen molar-refractivity contribution >= 4 is 17.3 Å². The summed E-state index contributed by atoms with van der Waals surface area (Å²) in [6, 6.07) is 4.46. The number of benzene rings is 1. The van der Waals surface area contributed by atoms with Crippen LogP contribution in [0, 0.1) is 5.92 Å². The number of nitrogens with zero attached hydrogens (tertiary/aromatic N) is 1. The Hall–Kier alpha value is -1.76. The summed E-state index contributed by atoms with van der Waals surface area (Å²) in [6.07, 6.45) is -3.48. The lowest BCUT2D eigenvalue weighted by Crippen LogP contribution is -2.41. The van der Waals surface area contributed by atoms with Crippen molar-refractivity contribution in [3.8, 4) is 0 Å². The number of halogens is 3. The highest BCUT2D eigenvalue weighted by Gasteiger charge is 2.42. The summed E-state index contributed by atoms with van der Waals surface area (Å²) in [5.74, 6) is -1.58. The van der Waals surface area contributed by atoms with Crippen molar-refractivity contribution in [1.29, 1.82) is 0 Å². The molecule has 4 nitrogen and oxygen atoms in total. The van der Waals surface area contributed by atoms with Crippen LogP contribution >= 0.6 is 0 Å². The molecular formula is C14H16F3N3O. The topological polar surface area (TPSA) is 58.4 Å². The number of nitrogens with two attached hydrogens (primary N) is 1. The van der Waals surface area contributed by atoms with Crippen molar-refractivity contribution in [2.24, 2.45) is 11.7 Å². The van der Waals surface area contributed by atoms with Gasteiger partial charge in [-0.3, -0.25) is 4.79 Å². The average Bonchev–Trinajstić information content (AvgIpc) is 2.73. The predicted molar refractivity (Wildman–Crippen MR) is 73.0 cm³/mol. The molecule has 1 fully saturated rings. The van der Waals surface area contributed by atoms with Gasteiger partial charge in [0.05, 0.1) is 5.92 Å². The van der Waals surface area contributed by atoms with Crippen molar-refractivity contribution in [1.82, 2.24) is 0 Å². The maximum absolute atomic E-state index is 12.9. The highest BCUT2D eigenvalue weighted by atomic mass is 19.4. The fraction of sp³-hybridized carbons (Fsp3) is 0.500. The first kappa shape index (κ1) is 14.2. The van der Waals surface area contributed by atoms with E-state index in [2.05, 4.69) is 5.32 Å². The number of hydrogen-bond donors (Lipinski definition) is 2. The van der Waals surface area contributed by atoms with E-state index in [0.29, 0.717) is 29.9 Å². The SMILES string of the molecule is NC1C(=O)Nc2cc(N3CCCC(C(F)(F)F)C3)ccc21. The minimum atomic E-state index is -4.16. The molecule has 2 aliphatic heterocycles. The number of carbonyl (C=O) groups excluding carboxylic acids is 1. The lowest BCUT2D eigenvalue weighted by Gasteiger charge is -2.35. The molecule has 1 aromatic carbocycles. The van der Waals surface area contributed by atoms with Gasteiger partial charge in [-0.05, 0) is 25.0 Å². The molecule has 7 heteroatoms. The minimum absolute atomic E-state index is 0.0394. The van der Waals surface area contributed by atoms with E-state index in [-0.39, 0.29) is 18.9 Å². The molecule has 3 rings (SSSR count). The Morgan fingerprint density at radius 2 is 2.10 bits per heavy atom. The van der Waals surface area contributed by atoms with Crippen molar-refractivity contribution in [3.05, 3.63) is 23.8 Å². The summed E-state index contributed by atoms with van der Waals surface area (Å²) in [6.45, 7) is 0.549. The van der Waals surface area contributed by atoms with Crippen LogP contribution in [0.5, 0.6) is 0 Å². The summed E-state index contributed by atoms with van der Waals surface area (Å²) in [7, 11) is 0. The van der Waals surface area contributed by atoms with Gasteiger partial charge in [0.25, 0.3) is 0 Å². The van der Waals surface area contributed by atoms with E-state index < -0.39 is 18.1 Å². The monoisotopic (exact) mass is 299 g/mol. The van der Waals surface area contributed by atoms with Crippen LogP contribution in [0.2, 0.25) is 0 Å². The third-order valence-electron chi connectivity index (χ3n) is 4.16. The highest BCUT2D eigenvalue weighted by molar-refractivity contribution is 6.02. The molecule has 2 heterocycles. The van der Waals surface area contributed by atoms with E-state index in [1.54, 1.807) is 23.1 Å². The molecule has 0 aliphatic carbocycles. The van der Waals surface area contributed by atoms with Crippen LogP contribution in [-0.2, 0) is 4.79 Å². The number of piperidine rings is 1. The molecule has 21 heavy (non-hydrogen) atoms. The number of anilines is 2. The van der Waals surface area contributed by atoms with E-state index in [1.807, 2.05) is 0 Å². The van der Waals surface area contributed by atoms with E-state index in [1.165, 1.54) is 0 Å². The molecule has 2 atom stereocenters. The Bertz CT molecular complexity index is 573. The summed E-state index contributed by atoms with van der Waals surface area (Å²) >= 11 is 0. The molecular weight excluding hydrogens is 283 g/mol. The lowest BCUT2D eigenvalue weighted by atomic mass is 9.96. The first-order chi connectivity index (χ1) is 9.86. The first-order valence-corrected chi connectivity index (χ1v) is 6.88. The zero-order valence-corrected chi connectivity index (χ0v) is 11.3. The second kappa shape index (κ2) is 4.91. The number of amides is 1. The van der Waals surface area contributed by atoms with E-state index in [9.17, 15) is 18.0 Å². The number of hydrogen-bond acceptors (Lipinski definition) is 3. The molecule has 1 saturated heterocycles. The van der Waals surface area contributed by atoms with Gasteiger partial charge in [-0.2, -0.15) is 13.2 Å². The van der Waals surface area contributed by atoms with Crippen LogP contribution in [-0.4, -0.2) is 25.2 Å². The van der Waals surface area contributed by atoms with Gasteiger partial charge < -0.3 is 16.0 Å². The number of carbonyl (C=O) groups is 1. The van der Waals surface area contributed by atoms with Crippen LogP contribution in [0.1, 0.15) is 24.4 Å². The number of fused-ring (bicyclic) bond motifs is 1. The Morgan fingerprint density at radius 3 is 2.81 bits per heavy atom. The summed E-state index contributed by atoms with van der Waals surface area (Å²) < 4.78 is 38.6. The van der Waals surface area contributed by atoms with E-state index in [4.69, 9.17) is 5.73 Å². The van der Waals surface area contributed by atoms with Gasteiger partial charge in [-0.15, -0.1) is 0 Å². The third-order valence-corrected chi connectivity index (χ3v) is 4.16. The van der Waals surface area contributed by atoms with Crippen molar-refractivity contribution in [3.63, 3.8) is 0 Å². The molecule has 0 radical (unpaired) electrons. The van der Waals surface area contributed by atoms with Crippen molar-refractivity contribution in [2.45, 2.75) is 25.1 Å². The molecule has 2 aliphatic rings. The summed E-state index contributed by atoms with van der Waals surface area (Å²) in [5, 5.41) is 2.66. The molecule has 3 N–H and O–H groups in total. The number of nitrogens with one attached hydrogen (secondary N) is 1. The maximum Gasteiger partial charge on any atom is 0.393 e. The molecule has 0 aromatic heterocycles. The zero-order valence-electron chi connectivity index (χ0n) is 11.3. The first-order valence-electron chi connectivity index (χ1n) is 6.88. The second-order valence-electron chi connectivity index (χ2n) is 5.57. The van der Waals surface area contributed by atoms with Gasteiger partial charge >= 0.3 is 6.18 Å². The lowest BCUT2D eigenvalue weighted by molar-refractivity contribution is -0.176. The largest absolute Gasteiger partial charge is 0.393 e. The summed E-state index contributed by atoms with van der Waals surface area (Å²) in [4.78, 5) is 13.2. The number of alkyl halides is 3. The average molecular weight is 299 g/mol. The molecule has 2 unspecified atom stereocenters. The zero-order chi connectivity index (χ0) is 15.2. The minimum Gasteiger partial charge on any atom is -0.371 e. The van der Waals surface area contributed by atoms with E-state index in [0.717, 1.165) is 0 Å². The van der Waals surface area contributed by atoms with E-state index >= 15 is 0 Å². The van der Waals surface area contributed by atoms with Crippen molar-refractivity contribution in [2.75, 3.05) is 23.3 Å². The fourth-order valence-corrected chi connectivity index (χ4v) is 2.95. The van der Waals surface area contributed by atoms with Gasteiger partial charge in [0.1, 0.15) is 6.04 Å². The standard InChI is InChI=1S/C14H16F3N3O/c15-14(16,17)8-2-1-5-20(7-8)9-3-4-10-11(6-9)19-13(21)12(10)18/h3-4,6,8,12H,1-2,5,7,18H2,(H,19,21). The molecule has 114 valence electrons. The fourth-order valence-electron chi connectivity index (χ4n) is 2.95. The van der Waals surface area contributed by atoms with Crippen LogP contribution in [0.4, 0.5) is 24.5 Å². The highest BCUT2D eigenvalue weighted by Crippen LogP contribution is 2.37. The molecule has 0 saturated carbocycles. The molecule has 0 spiro atoms. The Balaban J connectivity index is 1.82. The predicted octanol–water partition coefficient (Wildman–Crippen LogP) is 2.42. The Morgan fingerprint density at radius 1 is 1.33 bits per heavy atom. The van der Waals surface area contributed by atoms with Gasteiger partial charge in [0.2, 0.25) is 5.91 Å². The van der Waals surface area contributed by atoms with Crippen LogP contribution in [0.3, 0.4) is 0 Å². The quantitative estimate of drug-likeness (QED) is 0.837. The van der Waals surface area contributed by atoms with Gasteiger partial charge in [-0.25, -0.2) is 0 Å². The van der Waals surface area contributed by atoms with Gasteiger partial charge in [0.15, 0.2) is 0 Å². The van der Waals surface area contributed by atoms with Crippen LogP contribution < -0.4 is 16.0 Å². The number of rotatable bonds is 1. The molecule has 0 bridgehead atoms. The molecule has 1 amide bonds. The Labute approximate surface area is 120 Å². The third kappa shape index (κ3) is 2.57. The summed E-state index contributed by atoms with van der Waals surface area (Å²) in [5.41, 5.74) is 7.70. The normalized spacial score (nSPS) is 25.7. The molecule has 1 aromatic rings. The Kier molecular flexibility index (Phi) is 3.32. The van der Waals surface area contributed by atoms with Gasteiger partial charge in [0, 0.05) is 30.0 Å². The van der Waals surface area contributed by atoms with Crippen LogP contribution in [0.15, 0.2) is 18.2 Å².